The second-order valence-electron chi connectivity index (χ2n) is 8.54. The fourth-order valence-electron chi connectivity index (χ4n) is 3.77. The molecule has 1 aliphatic rings. The minimum Gasteiger partial charge on any atom is -0.274 e. The van der Waals surface area contributed by atoms with Gasteiger partial charge in [-0.1, -0.05) is 52.1 Å². The first-order valence-electron chi connectivity index (χ1n) is 8.52. The van der Waals surface area contributed by atoms with Crippen LogP contribution in [0.3, 0.4) is 0 Å². The smallest absolute Gasteiger partial charge is 0.237 e. The maximum atomic E-state index is 12.3. The lowest BCUT2D eigenvalue weighted by atomic mass is 9.62. The average molecular weight is 313 g/mol. The summed E-state index contributed by atoms with van der Waals surface area (Å²) < 4.78 is 0. The lowest BCUT2D eigenvalue weighted by molar-refractivity contribution is -0.122. The highest BCUT2D eigenvalue weighted by Crippen LogP contribution is 2.39. The van der Waals surface area contributed by atoms with Gasteiger partial charge in [0.05, 0.1) is 5.69 Å². The van der Waals surface area contributed by atoms with E-state index in [1.807, 2.05) is 19.1 Å². The summed E-state index contributed by atoms with van der Waals surface area (Å²) in [5.41, 5.74) is 2.00. The van der Waals surface area contributed by atoms with Gasteiger partial charge in [0.25, 0.3) is 0 Å². The standard InChI is InChI=1S/C19H28BNO2/c1-6-13-11-16(22)21(17(13)23)15-9-7-14(8-10-15)18(2,3)12-19(4,5)20/h7-10,13H,6,11-12,20H2,1-5H3. The molecule has 2 amide bonds. The third kappa shape index (κ3) is 3.85. The zero-order valence-electron chi connectivity index (χ0n) is 15.3. The van der Waals surface area contributed by atoms with E-state index < -0.39 is 0 Å². The first-order chi connectivity index (χ1) is 10.5. The molecule has 0 N–H and O–H groups in total. The van der Waals surface area contributed by atoms with Crippen molar-refractivity contribution in [3.05, 3.63) is 29.8 Å². The Morgan fingerprint density at radius 2 is 1.70 bits per heavy atom. The molecule has 23 heavy (non-hydrogen) atoms. The van der Waals surface area contributed by atoms with Crippen molar-refractivity contribution in [3.8, 4) is 0 Å². The Balaban J connectivity index is 2.23. The molecule has 0 aromatic heterocycles. The molecule has 0 saturated carbocycles. The number of anilines is 1. The van der Waals surface area contributed by atoms with E-state index in [1.54, 1.807) is 0 Å². The van der Waals surface area contributed by atoms with Gasteiger partial charge in [-0.15, -0.1) is 0 Å². The summed E-state index contributed by atoms with van der Waals surface area (Å²) in [5, 5.41) is 0.247. The summed E-state index contributed by atoms with van der Waals surface area (Å²) in [7, 11) is 2.25. The molecule has 2 rings (SSSR count). The number of carbonyl (C=O) groups is 2. The number of imide groups is 1. The van der Waals surface area contributed by atoms with E-state index >= 15 is 0 Å². The number of rotatable bonds is 5. The van der Waals surface area contributed by atoms with Crippen LogP contribution in [-0.2, 0) is 15.0 Å². The first-order valence-corrected chi connectivity index (χ1v) is 8.52. The van der Waals surface area contributed by atoms with Crippen molar-refractivity contribution in [3.63, 3.8) is 0 Å². The number of hydrogen-bond donors (Lipinski definition) is 0. The van der Waals surface area contributed by atoms with Crippen LogP contribution in [-0.4, -0.2) is 19.7 Å². The van der Waals surface area contributed by atoms with Crippen molar-refractivity contribution in [2.24, 2.45) is 5.92 Å². The normalized spacial score (nSPS) is 19.5. The van der Waals surface area contributed by atoms with Crippen molar-refractivity contribution in [1.82, 2.24) is 0 Å². The van der Waals surface area contributed by atoms with Crippen LogP contribution in [0.25, 0.3) is 0 Å². The van der Waals surface area contributed by atoms with Gasteiger partial charge in [-0.3, -0.25) is 14.5 Å². The van der Waals surface area contributed by atoms with Gasteiger partial charge < -0.3 is 0 Å². The highest BCUT2D eigenvalue weighted by atomic mass is 16.2. The van der Waals surface area contributed by atoms with Gasteiger partial charge >= 0.3 is 0 Å². The lowest BCUT2D eigenvalue weighted by Crippen LogP contribution is -2.30. The van der Waals surface area contributed by atoms with Gasteiger partial charge in [0.1, 0.15) is 7.85 Å². The second-order valence-corrected chi connectivity index (χ2v) is 8.54. The van der Waals surface area contributed by atoms with Crippen LogP contribution in [0.4, 0.5) is 5.69 Å². The fourth-order valence-corrected chi connectivity index (χ4v) is 3.77. The first kappa shape index (κ1) is 17.8. The van der Waals surface area contributed by atoms with E-state index in [9.17, 15) is 9.59 Å². The van der Waals surface area contributed by atoms with Gasteiger partial charge in [0.15, 0.2) is 0 Å². The van der Waals surface area contributed by atoms with Crippen molar-refractivity contribution >= 4 is 25.3 Å². The lowest BCUT2D eigenvalue weighted by Gasteiger charge is -2.33. The van der Waals surface area contributed by atoms with Gasteiger partial charge in [0.2, 0.25) is 11.8 Å². The van der Waals surface area contributed by atoms with Crippen molar-refractivity contribution in [2.45, 2.75) is 64.6 Å². The average Bonchev–Trinajstić information content (AvgIpc) is 2.71. The largest absolute Gasteiger partial charge is 0.274 e. The fraction of sp³-hybridized carbons (Fsp3) is 0.579. The molecule has 1 aromatic carbocycles. The van der Waals surface area contributed by atoms with Crippen LogP contribution in [0, 0.1) is 5.92 Å². The van der Waals surface area contributed by atoms with Gasteiger partial charge in [0, 0.05) is 12.3 Å². The molecule has 1 unspecified atom stereocenters. The summed E-state index contributed by atoms with van der Waals surface area (Å²) in [6.45, 7) is 10.9. The molecule has 1 aromatic rings. The number of amides is 2. The van der Waals surface area contributed by atoms with E-state index in [0.29, 0.717) is 12.1 Å². The van der Waals surface area contributed by atoms with Crippen molar-refractivity contribution in [2.75, 3.05) is 4.90 Å². The second kappa shape index (κ2) is 6.14. The Bertz CT molecular complexity index is 599. The van der Waals surface area contributed by atoms with Crippen LogP contribution in [0.1, 0.15) is 59.4 Å². The molecule has 4 heteroatoms. The Morgan fingerprint density at radius 1 is 1.13 bits per heavy atom. The zero-order chi connectivity index (χ0) is 17.4. The highest BCUT2D eigenvalue weighted by molar-refractivity contribution is 6.20. The van der Waals surface area contributed by atoms with E-state index in [2.05, 4.69) is 47.7 Å². The summed E-state index contributed by atoms with van der Waals surface area (Å²) in [6, 6.07) is 7.93. The quantitative estimate of drug-likeness (QED) is 0.616. The summed E-state index contributed by atoms with van der Waals surface area (Å²) in [5.74, 6) is -0.290. The zero-order valence-corrected chi connectivity index (χ0v) is 15.3. The Morgan fingerprint density at radius 3 is 2.13 bits per heavy atom. The topological polar surface area (TPSA) is 37.4 Å². The van der Waals surface area contributed by atoms with Crippen LogP contribution in [0.2, 0.25) is 5.31 Å². The molecule has 0 spiro atoms. The van der Waals surface area contributed by atoms with Gasteiger partial charge in [-0.2, -0.15) is 0 Å². The molecule has 1 atom stereocenters. The summed E-state index contributed by atoms with van der Waals surface area (Å²) >= 11 is 0. The predicted octanol–water partition coefficient (Wildman–Crippen LogP) is 3.48. The van der Waals surface area contributed by atoms with E-state index in [1.165, 1.54) is 10.5 Å². The summed E-state index contributed by atoms with van der Waals surface area (Å²) in [6.07, 6.45) is 2.13. The third-order valence-corrected chi connectivity index (χ3v) is 4.61. The Hall–Kier alpha value is -1.58. The molecular formula is C19H28BNO2. The predicted molar refractivity (Wildman–Crippen MR) is 97.6 cm³/mol. The van der Waals surface area contributed by atoms with E-state index in [0.717, 1.165) is 12.8 Å². The molecule has 3 nitrogen and oxygen atoms in total. The molecule has 1 fully saturated rings. The molecule has 0 aliphatic carbocycles. The Labute approximate surface area is 140 Å². The molecule has 124 valence electrons. The monoisotopic (exact) mass is 313 g/mol. The Kier molecular flexibility index (Phi) is 4.75. The van der Waals surface area contributed by atoms with E-state index in [4.69, 9.17) is 0 Å². The van der Waals surface area contributed by atoms with Crippen LogP contribution < -0.4 is 4.90 Å². The minimum absolute atomic E-state index is 0.0563. The number of benzene rings is 1. The van der Waals surface area contributed by atoms with Gasteiger partial charge in [-0.25, -0.2) is 0 Å². The maximum Gasteiger partial charge on any atom is 0.237 e. The van der Waals surface area contributed by atoms with Crippen LogP contribution in [0.15, 0.2) is 24.3 Å². The van der Waals surface area contributed by atoms with E-state index in [-0.39, 0.29) is 28.5 Å². The molecule has 1 aliphatic heterocycles. The van der Waals surface area contributed by atoms with Crippen molar-refractivity contribution < 1.29 is 9.59 Å². The third-order valence-electron chi connectivity index (χ3n) is 4.61. The number of hydrogen-bond acceptors (Lipinski definition) is 2. The van der Waals surface area contributed by atoms with Crippen molar-refractivity contribution in [1.29, 1.82) is 0 Å². The summed E-state index contributed by atoms with van der Waals surface area (Å²) in [4.78, 5) is 25.8. The number of carbonyl (C=O) groups excluding carboxylic acids is 2. The molecule has 0 bridgehead atoms. The molecule has 0 radical (unpaired) electrons. The van der Waals surface area contributed by atoms with Gasteiger partial charge in [-0.05, 0) is 36.0 Å². The molecular weight excluding hydrogens is 285 g/mol. The van der Waals surface area contributed by atoms with Crippen LogP contribution >= 0.6 is 0 Å². The van der Waals surface area contributed by atoms with Crippen LogP contribution in [0.5, 0.6) is 0 Å². The molecule has 1 heterocycles. The highest BCUT2D eigenvalue weighted by Gasteiger charge is 2.38. The maximum absolute atomic E-state index is 12.3. The molecule has 1 saturated heterocycles. The number of nitrogens with zero attached hydrogens (tertiary/aromatic N) is 1. The minimum atomic E-state index is -0.153. The SMILES string of the molecule is BC(C)(C)CC(C)(C)c1ccc(N2C(=O)CC(CC)C2=O)cc1.